The number of piperidine rings is 1. The van der Waals surface area contributed by atoms with E-state index in [9.17, 15) is 0 Å². The Morgan fingerprint density at radius 2 is 2.00 bits per heavy atom. The second kappa shape index (κ2) is 5.99. The highest BCUT2D eigenvalue weighted by molar-refractivity contribution is 5.42. The summed E-state index contributed by atoms with van der Waals surface area (Å²) in [7, 11) is 0. The minimum absolute atomic E-state index is 0.240. The van der Waals surface area contributed by atoms with E-state index in [1.807, 2.05) is 19.1 Å². The van der Waals surface area contributed by atoms with E-state index >= 15 is 0 Å². The van der Waals surface area contributed by atoms with Gasteiger partial charge in [0, 0.05) is 13.1 Å². The summed E-state index contributed by atoms with van der Waals surface area (Å²) < 4.78 is 5.51. The Morgan fingerprint density at radius 3 is 2.71 bits per heavy atom. The molecule has 1 aliphatic heterocycles. The third-order valence-corrected chi connectivity index (χ3v) is 3.50. The van der Waals surface area contributed by atoms with Gasteiger partial charge in [0.2, 0.25) is 17.8 Å². The number of rotatable bonds is 4. The van der Waals surface area contributed by atoms with E-state index in [2.05, 4.69) is 25.2 Å². The number of anilines is 3. The van der Waals surface area contributed by atoms with Gasteiger partial charge in [-0.3, -0.25) is 0 Å². The maximum atomic E-state index is 5.79. The number of aromatic nitrogens is 3. The van der Waals surface area contributed by atoms with E-state index in [1.165, 1.54) is 19.3 Å². The van der Waals surface area contributed by atoms with Crippen molar-refractivity contribution in [2.24, 2.45) is 0 Å². The topological polar surface area (TPSA) is 93.1 Å². The molecule has 0 unspecified atom stereocenters. The van der Waals surface area contributed by atoms with Gasteiger partial charge in [0.05, 0.1) is 6.54 Å². The first kappa shape index (κ1) is 13.7. The molecule has 0 radical (unpaired) electrons. The Hall–Kier alpha value is -2.31. The zero-order chi connectivity index (χ0) is 14.7. The molecule has 3 heterocycles. The first-order valence-electron chi connectivity index (χ1n) is 7.26. The lowest BCUT2D eigenvalue weighted by Crippen LogP contribution is -2.31. The molecule has 1 aliphatic rings. The van der Waals surface area contributed by atoms with Gasteiger partial charge < -0.3 is 20.4 Å². The Morgan fingerprint density at radius 1 is 1.19 bits per heavy atom. The molecule has 7 heteroatoms. The van der Waals surface area contributed by atoms with Crippen LogP contribution in [0.15, 0.2) is 16.5 Å². The van der Waals surface area contributed by atoms with Gasteiger partial charge in [-0.25, -0.2) is 0 Å². The van der Waals surface area contributed by atoms with Crippen LogP contribution in [0.3, 0.4) is 0 Å². The molecule has 112 valence electrons. The van der Waals surface area contributed by atoms with E-state index in [1.54, 1.807) is 0 Å². The van der Waals surface area contributed by atoms with Crippen LogP contribution in [0, 0.1) is 6.92 Å². The summed E-state index contributed by atoms with van der Waals surface area (Å²) in [5, 5.41) is 3.13. The number of hydrogen-bond donors (Lipinski definition) is 2. The molecule has 0 aliphatic carbocycles. The van der Waals surface area contributed by atoms with Crippen LogP contribution < -0.4 is 16.0 Å². The second-order valence-electron chi connectivity index (χ2n) is 5.23. The fourth-order valence-corrected chi connectivity index (χ4v) is 2.44. The summed E-state index contributed by atoms with van der Waals surface area (Å²) in [5.74, 6) is 3.10. The van der Waals surface area contributed by atoms with Crippen molar-refractivity contribution in [1.29, 1.82) is 0 Å². The van der Waals surface area contributed by atoms with E-state index in [0.29, 0.717) is 18.4 Å². The van der Waals surface area contributed by atoms with Crippen LogP contribution in [-0.2, 0) is 6.54 Å². The summed E-state index contributed by atoms with van der Waals surface area (Å²) in [5.41, 5.74) is 5.79. The molecule has 2 aromatic heterocycles. The number of nitrogens with two attached hydrogens (primary N) is 1. The third kappa shape index (κ3) is 3.42. The molecule has 1 fully saturated rings. The van der Waals surface area contributed by atoms with Gasteiger partial charge in [-0.15, -0.1) is 0 Å². The number of aryl methyl sites for hydroxylation is 1. The Bertz CT molecular complexity index is 605. The van der Waals surface area contributed by atoms with Crippen LogP contribution in [0.5, 0.6) is 0 Å². The maximum absolute atomic E-state index is 5.79. The van der Waals surface area contributed by atoms with E-state index in [4.69, 9.17) is 10.2 Å². The minimum Gasteiger partial charge on any atom is -0.465 e. The number of furan rings is 1. The average molecular weight is 288 g/mol. The molecular weight excluding hydrogens is 268 g/mol. The molecular formula is C14H20N6O. The van der Waals surface area contributed by atoms with E-state index < -0.39 is 0 Å². The molecule has 3 rings (SSSR count). The van der Waals surface area contributed by atoms with Crippen molar-refractivity contribution < 1.29 is 4.42 Å². The van der Waals surface area contributed by atoms with Gasteiger partial charge in [-0.2, -0.15) is 15.0 Å². The molecule has 3 N–H and O–H groups in total. The second-order valence-corrected chi connectivity index (χ2v) is 5.23. The fraction of sp³-hybridized carbons (Fsp3) is 0.500. The predicted molar refractivity (Wildman–Crippen MR) is 81.1 cm³/mol. The minimum atomic E-state index is 0.240. The molecule has 0 atom stereocenters. The summed E-state index contributed by atoms with van der Waals surface area (Å²) in [4.78, 5) is 15.0. The Balaban J connectivity index is 1.71. The van der Waals surface area contributed by atoms with E-state index in [-0.39, 0.29) is 5.95 Å². The highest BCUT2D eigenvalue weighted by Gasteiger charge is 2.15. The quantitative estimate of drug-likeness (QED) is 0.888. The smallest absolute Gasteiger partial charge is 0.231 e. The molecule has 0 bridgehead atoms. The van der Waals surface area contributed by atoms with Gasteiger partial charge in [0.1, 0.15) is 11.5 Å². The van der Waals surface area contributed by atoms with Gasteiger partial charge in [-0.1, -0.05) is 0 Å². The average Bonchev–Trinajstić information content (AvgIpc) is 2.91. The van der Waals surface area contributed by atoms with Crippen LogP contribution >= 0.6 is 0 Å². The van der Waals surface area contributed by atoms with Gasteiger partial charge in [-0.05, 0) is 38.3 Å². The molecule has 0 saturated carbocycles. The first-order chi connectivity index (χ1) is 10.2. The molecule has 0 aromatic carbocycles. The summed E-state index contributed by atoms with van der Waals surface area (Å²) in [6.07, 6.45) is 3.60. The number of hydrogen-bond acceptors (Lipinski definition) is 7. The SMILES string of the molecule is Cc1ccc(CNc2nc(N)nc(N3CCCCC3)n2)o1. The van der Waals surface area contributed by atoms with Crippen LogP contribution in [0.2, 0.25) is 0 Å². The monoisotopic (exact) mass is 288 g/mol. The zero-order valence-electron chi connectivity index (χ0n) is 12.2. The molecule has 0 spiro atoms. The zero-order valence-corrected chi connectivity index (χ0v) is 12.2. The fourth-order valence-electron chi connectivity index (χ4n) is 2.44. The molecule has 2 aromatic rings. The number of nitrogens with one attached hydrogen (secondary N) is 1. The lowest BCUT2D eigenvalue weighted by Gasteiger charge is -2.26. The highest BCUT2D eigenvalue weighted by atomic mass is 16.3. The maximum Gasteiger partial charge on any atom is 0.231 e. The van der Waals surface area contributed by atoms with Gasteiger partial charge >= 0.3 is 0 Å². The standard InChI is InChI=1S/C14H20N6O/c1-10-5-6-11(21-10)9-16-13-17-12(15)18-14(19-13)20-7-3-2-4-8-20/h5-6H,2-4,7-9H2,1H3,(H3,15,16,17,18,19). The third-order valence-electron chi connectivity index (χ3n) is 3.50. The Labute approximate surface area is 123 Å². The lowest BCUT2D eigenvalue weighted by molar-refractivity contribution is 0.490. The van der Waals surface area contributed by atoms with Crippen LogP contribution in [0.1, 0.15) is 30.8 Å². The highest BCUT2D eigenvalue weighted by Crippen LogP contribution is 2.18. The van der Waals surface area contributed by atoms with Gasteiger partial charge in [0.25, 0.3) is 0 Å². The summed E-state index contributed by atoms with van der Waals surface area (Å²) in [6.45, 7) is 4.39. The van der Waals surface area contributed by atoms with Crippen molar-refractivity contribution in [3.63, 3.8) is 0 Å². The van der Waals surface area contributed by atoms with Crippen molar-refractivity contribution in [2.45, 2.75) is 32.7 Å². The summed E-state index contributed by atoms with van der Waals surface area (Å²) in [6, 6.07) is 3.86. The predicted octanol–water partition coefficient (Wildman–Crippen LogP) is 1.96. The van der Waals surface area contributed by atoms with Gasteiger partial charge in [0.15, 0.2) is 0 Å². The summed E-state index contributed by atoms with van der Waals surface area (Å²) >= 11 is 0. The first-order valence-corrected chi connectivity index (χ1v) is 7.26. The molecule has 1 saturated heterocycles. The van der Waals surface area contributed by atoms with Crippen LogP contribution in [-0.4, -0.2) is 28.0 Å². The van der Waals surface area contributed by atoms with Crippen molar-refractivity contribution in [2.75, 3.05) is 29.0 Å². The number of nitrogens with zero attached hydrogens (tertiary/aromatic N) is 4. The van der Waals surface area contributed by atoms with Crippen molar-refractivity contribution in [3.05, 3.63) is 23.7 Å². The molecule has 0 amide bonds. The lowest BCUT2D eigenvalue weighted by atomic mass is 10.1. The van der Waals surface area contributed by atoms with Crippen molar-refractivity contribution >= 4 is 17.8 Å². The van der Waals surface area contributed by atoms with E-state index in [0.717, 1.165) is 24.6 Å². The molecule has 7 nitrogen and oxygen atoms in total. The largest absolute Gasteiger partial charge is 0.465 e. The molecule has 21 heavy (non-hydrogen) atoms. The van der Waals surface area contributed by atoms with Crippen molar-refractivity contribution in [1.82, 2.24) is 15.0 Å². The van der Waals surface area contributed by atoms with Crippen molar-refractivity contribution in [3.8, 4) is 0 Å². The number of nitrogen functional groups attached to an aromatic ring is 1. The van der Waals surface area contributed by atoms with Crippen LogP contribution in [0.25, 0.3) is 0 Å². The normalized spacial score (nSPS) is 15.2. The van der Waals surface area contributed by atoms with Crippen LogP contribution in [0.4, 0.5) is 17.8 Å². The Kier molecular flexibility index (Phi) is 3.89.